The number of aryl methyl sites for hydroxylation is 3. The van der Waals surface area contributed by atoms with Gasteiger partial charge in [-0.3, -0.25) is 9.48 Å². The number of pyridine rings is 1. The summed E-state index contributed by atoms with van der Waals surface area (Å²) >= 11 is 0. The lowest BCUT2D eigenvalue weighted by Gasteiger charge is -2.09. The number of fused-ring (bicyclic) bond motifs is 1. The van der Waals surface area contributed by atoms with Gasteiger partial charge in [0.15, 0.2) is 5.65 Å². The summed E-state index contributed by atoms with van der Waals surface area (Å²) in [4.78, 5) is 17.1. The highest BCUT2D eigenvalue weighted by molar-refractivity contribution is 6.06. The van der Waals surface area contributed by atoms with Gasteiger partial charge in [0.25, 0.3) is 5.91 Å². The minimum absolute atomic E-state index is 0.111. The lowest BCUT2D eigenvalue weighted by molar-refractivity contribution is -0.0498. The van der Waals surface area contributed by atoms with Crippen molar-refractivity contribution in [2.45, 2.75) is 26.9 Å². The van der Waals surface area contributed by atoms with Gasteiger partial charge in [-0.1, -0.05) is 12.1 Å². The highest BCUT2D eigenvalue weighted by Crippen LogP contribution is 2.21. The lowest BCUT2D eigenvalue weighted by Crippen LogP contribution is -2.26. The molecule has 3 aromatic rings. The Hall–Kier alpha value is -3.03. The summed E-state index contributed by atoms with van der Waals surface area (Å²) in [5.74, 6) is -0.0845. The summed E-state index contributed by atoms with van der Waals surface area (Å²) < 4.78 is 30.3. The first-order chi connectivity index (χ1) is 12.8. The predicted octanol–water partition coefficient (Wildman–Crippen LogP) is 3.16. The number of halogens is 2. The number of amides is 1. The van der Waals surface area contributed by atoms with Crippen molar-refractivity contribution in [1.29, 1.82) is 0 Å². The molecule has 2 aromatic heterocycles. The quantitative estimate of drug-likeness (QED) is 0.720. The third-order valence-electron chi connectivity index (χ3n) is 4.19. The average molecular weight is 374 g/mol. The molecular formula is C19H20F2N4O2. The summed E-state index contributed by atoms with van der Waals surface area (Å²) in [6, 6.07) is 8.12. The Labute approximate surface area is 155 Å². The number of carbonyl (C=O) groups excluding carboxylic acids is 1. The van der Waals surface area contributed by atoms with E-state index in [9.17, 15) is 13.6 Å². The summed E-state index contributed by atoms with van der Waals surface area (Å²) in [7, 11) is 1.80. The number of carbonyl (C=O) groups is 1. The van der Waals surface area contributed by atoms with Crippen molar-refractivity contribution in [1.82, 2.24) is 20.1 Å². The van der Waals surface area contributed by atoms with Crippen molar-refractivity contribution in [3.63, 3.8) is 0 Å². The Kier molecular flexibility index (Phi) is 5.34. The van der Waals surface area contributed by atoms with E-state index in [1.165, 1.54) is 12.1 Å². The van der Waals surface area contributed by atoms with Crippen LogP contribution in [0.2, 0.25) is 0 Å². The molecule has 0 fully saturated rings. The maximum Gasteiger partial charge on any atom is 0.387 e. The van der Waals surface area contributed by atoms with E-state index >= 15 is 0 Å². The molecule has 8 heteroatoms. The van der Waals surface area contributed by atoms with Gasteiger partial charge < -0.3 is 10.1 Å². The van der Waals surface area contributed by atoms with Crippen LogP contribution < -0.4 is 10.1 Å². The van der Waals surface area contributed by atoms with Crippen molar-refractivity contribution in [2.24, 2.45) is 7.05 Å². The van der Waals surface area contributed by atoms with Crippen molar-refractivity contribution in [2.75, 3.05) is 6.54 Å². The van der Waals surface area contributed by atoms with Gasteiger partial charge in [-0.2, -0.15) is 13.9 Å². The van der Waals surface area contributed by atoms with E-state index in [2.05, 4.69) is 20.1 Å². The van der Waals surface area contributed by atoms with Crippen LogP contribution in [0.4, 0.5) is 8.78 Å². The van der Waals surface area contributed by atoms with E-state index in [-0.39, 0.29) is 11.7 Å². The van der Waals surface area contributed by atoms with Crippen LogP contribution in [0, 0.1) is 13.8 Å². The summed E-state index contributed by atoms with van der Waals surface area (Å²) in [5, 5.41) is 7.98. The van der Waals surface area contributed by atoms with E-state index in [4.69, 9.17) is 0 Å². The first-order valence-corrected chi connectivity index (χ1v) is 8.48. The SMILES string of the molecule is Cc1cc(C(=O)NCCc2ccc(OC(F)F)cc2)c2c(C)nn(C)c2n1. The molecule has 0 atom stereocenters. The number of alkyl halides is 2. The molecule has 1 amide bonds. The molecule has 6 nitrogen and oxygen atoms in total. The van der Waals surface area contributed by atoms with Gasteiger partial charge in [-0.15, -0.1) is 0 Å². The fourth-order valence-corrected chi connectivity index (χ4v) is 3.00. The highest BCUT2D eigenvalue weighted by Gasteiger charge is 2.17. The van der Waals surface area contributed by atoms with Gasteiger partial charge in [0.2, 0.25) is 0 Å². The molecule has 0 spiro atoms. The zero-order valence-electron chi connectivity index (χ0n) is 15.3. The smallest absolute Gasteiger partial charge is 0.387 e. The molecule has 142 valence electrons. The summed E-state index contributed by atoms with van der Waals surface area (Å²) in [6.45, 7) is 1.25. The molecule has 0 aliphatic rings. The van der Waals surface area contributed by atoms with Gasteiger partial charge in [-0.25, -0.2) is 4.98 Å². The molecule has 0 aliphatic carbocycles. The minimum atomic E-state index is -2.84. The number of ether oxygens (including phenoxy) is 1. The second-order valence-electron chi connectivity index (χ2n) is 6.25. The van der Waals surface area contributed by atoms with E-state index < -0.39 is 6.61 Å². The molecule has 27 heavy (non-hydrogen) atoms. The molecule has 0 aliphatic heterocycles. The maximum atomic E-state index is 12.7. The molecule has 3 rings (SSSR count). The third-order valence-corrected chi connectivity index (χ3v) is 4.19. The van der Waals surface area contributed by atoms with Gasteiger partial charge in [0.1, 0.15) is 5.75 Å². The Morgan fingerprint density at radius 1 is 1.26 bits per heavy atom. The third kappa shape index (κ3) is 4.21. The van der Waals surface area contributed by atoms with Crippen LogP contribution in [0.15, 0.2) is 30.3 Å². The second-order valence-corrected chi connectivity index (χ2v) is 6.25. The lowest BCUT2D eigenvalue weighted by atomic mass is 10.1. The van der Waals surface area contributed by atoms with Gasteiger partial charge in [0.05, 0.1) is 16.6 Å². The summed E-state index contributed by atoms with van der Waals surface area (Å²) in [5.41, 5.74) is 3.62. The monoisotopic (exact) mass is 374 g/mol. The van der Waals surface area contributed by atoms with E-state index in [1.54, 1.807) is 29.9 Å². The molecule has 1 aromatic carbocycles. The van der Waals surface area contributed by atoms with Crippen LogP contribution in [0.3, 0.4) is 0 Å². The van der Waals surface area contributed by atoms with Crippen LogP contribution in [-0.4, -0.2) is 33.8 Å². The molecule has 0 bridgehead atoms. The molecule has 1 N–H and O–H groups in total. The molecule has 0 saturated carbocycles. The number of hydrogen-bond acceptors (Lipinski definition) is 4. The topological polar surface area (TPSA) is 69.0 Å². The Morgan fingerprint density at radius 3 is 2.63 bits per heavy atom. The first kappa shape index (κ1) is 18.8. The molecule has 2 heterocycles. The first-order valence-electron chi connectivity index (χ1n) is 8.48. The highest BCUT2D eigenvalue weighted by atomic mass is 19.3. The molecule has 0 unspecified atom stereocenters. The van der Waals surface area contributed by atoms with Crippen molar-refractivity contribution < 1.29 is 18.3 Å². The molecular weight excluding hydrogens is 354 g/mol. The zero-order chi connectivity index (χ0) is 19.6. The van der Waals surface area contributed by atoms with E-state index in [0.29, 0.717) is 24.2 Å². The van der Waals surface area contributed by atoms with Crippen LogP contribution in [0.25, 0.3) is 11.0 Å². The Bertz CT molecular complexity index is 968. The number of nitrogens with zero attached hydrogens (tertiary/aromatic N) is 3. The predicted molar refractivity (Wildman–Crippen MR) is 97.1 cm³/mol. The average Bonchev–Trinajstić information content (AvgIpc) is 2.89. The number of aromatic nitrogens is 3. The van der Waals surface area contributed by atoms with Crippen LogP contribution in [0.1, 0.15) is 27.3 Å². The van der Waals surface area contributed by atoms with Crippen molar-refractivity contribution in [3.8, 4) is 5.75 Å². The Balaban J connectivity index is 1.67. The second kappa shape index (κ2) is 7.69. The fraction of sp³-hybridized carbons (Fsp3) is 0.316. The normalized spacial score (nSPS) is 11.2. The molecule has 0 radical (unpaired) electrons. The number of benzene rings is 1. The number of hydrogen-bond donors (Lipinski definition) is 1. The van der Waals surface area contributed by atoms with Crippen molar-refractivity contribution >= 4 is 16.9 Å². The van der Waals surface area contributed by atoms with Crippen LogP contribution in [-0.2, 0) is 13.5 Å². The van der Waals surface area contributed by atoms with Crippen molar-refractivity contribution in [3.05, 3.63) is 52.8 Å². The van der Waals surface area contributed by atoms with E-state index in [1.807, 2.05) is 13.8 Å². The van der Waals surface area contributed by atoms with Gasteiger partial charge in [-0.05, 0) is 44.0 Å². The van der Waals surface area contributed by atoms with E-state index in [0.717, 1.165) is 22.3 Å². The molecule has 0 saturated heterocycles. The standard InChI is InChI=1S/C19H20F2N4O2/c1-11-10-15(16-12(2)24-25(3)17(16)23-11)18(26)22-9-8-13-4-6-14(7-5-13)27-19(20)21/h4-7,10,19H,8-9H2,1-3H3,(H,22,26). The number of rotatable bonds is 6. The maximum absolute atomic E-state index is 12.7. The number of nitrogens with one attached hydrogen (secondary N) is 1. The van der Waals surface area contributed by atoms with Gasteiger partial charge >= 0.3 is 6.61 Å². The van der Waals surface area contributed by atoms with Crippen LogP contribution >= 0.6 is 0 Å². The fourth-order valence-electron chi connectivity index (χ4n) is 3.00. The van der Waals surface area contributed by atoms with Gasteiger partial charge in [0, 0.05) is 19.3 Å². The Morgan fingerprint density at radius 2 is 1.96 bits per heavy atom. The summed E-state index contributed by atoms with van der Waals surface area (Å²) in [6.07, 6.45) is 0.569. The van der Waals surface area contributed by atoms with Crippen LogP contribution in [0.5, 0.6) is 5.75 Å². The minimum Gasteiger partial charge on any atom is -0.435 e. The largest absolute Gasteiger partial charge is 0.435 e. The zero-order valence-corrected chi connectivity index (χ0v) is 15.3.